The molecule has 1 aliphatic heterocycles. The van der Waals surface area contributed by atoms with E-state index in [0.29, 0.717) is 0 Å². The average molecular weight is 444 g/mol. The van der Waals surface area contributed by atoms with Gasteiger partial charge in [0.05, 0.1) is 21.9 Å². The second kappa shape index (κ2) is 8.88. The molecule has 1 aliphatic rings. The molecule has 0 atom stereocenters. The summed E-state index contributed by atoms with van der Waals surface area (Å²) in [5.74, 6) is 0.797. The number of hydrogen-bond acceptors (Lipinski definition) is 5. The summed E-state index contributed by atoms with van der Waals surface area (Å²) in [5.41, 5.74) is 7.15. The molecule has 32 heavy (non-hydrogen) atoms. The molecule has 0 spiro atoms. The minimum atomic E-state index is 0.783. The number of nitrogens with zero attached hydrogens (tertiary/aromatic N) is 3. The third-order valence-corrected chi connectivity index (χ3v) is 7.15. The number of H-pyrrole nitrogens is 1. The van der Waals surface area contributed by atoms with E-state index in [4.69, 9.17) is 0 Å². The smallest absolute Gasteiger partial charge is 0.116 e. The zero-order valence-corrected chi connectivity index (χ0v) is 19.5. The van der Waals surface area contributed by atoms with Gasteiger partial charge in [-0.25, -0.2) is 4.98 Å². The Balaban J connectivity index is 1.29. The lowest BCUT2D eigenvalue weighted by molar-refractivity contribution is 0.219. The van der Waals surface area contributed by atoms with Gasteiger partial charge >= 0.3 is 0 Å². The predicted octanol–water partition coefficient (Wildman–Crippen LogP) is 5.96. The van der Waals surface area contributed by atoms with E-state index >= 15 is 0 Å². The van der Waals surface area contributed by atoms with E-state index in [0.717, 1.165) is 56.6 Å². The average Bonchev–Trinajstić information content (AvgIpc) is 3.42. The molecule has 2 aromatic heterocycles. The van der Waals surface area contributed by atoms with Crippen molar-refractivity contribution in [3.05, 3.63) is 70.7 Å². The maximum Gasteiger partial charge on any atom is 0.116 e. The quantitative estimate of drug-likeness (QED) is 0.386. The number of rotatable bonds is 6. The van der Waals surface area contributed by atoms with E-state index in [1.165, 1.54) is 31.5 Å². The summed E-state index contributed by atoms with van der Waals surface area (Å²) in [6.07, 6.45) is 3.75. The third-order valence-electron chi connectivity index (χ3n) is 6.38. The molecule has 164 valence electrons. The van der Waals surface area contributed by atoms with E-state index in [-0.39, 0.29) is 0 Å². The van der Waals surface area contributed by atoms with Crippen molar-refractivity contribution >= 4 is 33.6 Å². The summed E-state index contributed by atoms with van der Waals surface area (Å²) in [6, 6.07) is 15.0. The van der Waals surface area contributed by atoms with Gasteiger partial charge in [-0.2, -0.15) is 5.10 Å². The number of likely N-dealkylation sites (tertiary alicyclic amines) is 1. The minimum absolute atomic E-state index is 0.783. The van der Waals surface area contributed by atoms with Crippen LogP contribution in [0.3, 0.4) is 0 Å². The van der Waals surface area contributed by atoms with Crippen molar-refractivity contribution in [3.8, 4) is 11.3 Å². The molecule has 2 N–H and O–H groups in total. The SMILES string of the molecule is C=C(Nc1ccc(CC2CCN(C)CC2)cc1)c1n[nH]c2ccc(-c3csc(C)n3)cc12. The Kier molecular flexibility index (Phi) is 5.81. The molecule has 5 nitrogen and oxygen atoms in total. The summed E-state index contributed by atoms with van der Waals surface area (Å²) in [7, 11) is 2.22. The van der Waals surface area contributed by atoms with Gasteiger partial charge in [-0.15, -0.1) is 11.3 Å². The Morgan fingerprint density at radius 1 is 1.19 bits per heavy atom. The van der Waals surface area contributed by atoms with Crippen LogP contribution in [0.25, 0.3) is 27.9 Å². The second-order valence-corrected chi connectivity index (χ2v) is 9.90. The van der Waals surface area contributed by atoms with Crippen molar-refractivity contribution in [2.45, 2.75) is 26.2 Å². The highest BCUT2D eigenvalue weighted by Gasteiger charge is 2.17. The van der Waals surface area contributed by atoms with Gasteiger partial charge in [0, 0.05) is 22.0 Å². The lowest BCUT2D eigenvalue weighted by Gasteiger charge is -2.29. The third kappa shape index (κ3) is 4.47. The van der Waals surface area contributed by atoms with Gasteiger partial charge in [0.25, 0.3) is 0 Å². The van der Waals surface area contributed by atoms with Gasteiger partial charge < -0.3 is 10.2 Å². The second-order valence-electron chi connectivity index (χ2n) is 8.84. The molecule has 0 unspecified atom stereocenters. The number of fused-ring (bicyclic) bond motifs is 1. The molecule has 3 heterocycles. The van der Waals surface area contributed by atoms with E-state index in [1.54, 1.807) is 11.3 Å². The minimum Gasteiger partial charge on any atom is -0.354 e. The van der Waals surface area contributed by atoms with Crippen LogP contribution in [0, 0.1) is 12.8 Å². The first-order valence-corrected chi connectivity index (χ1v) is 12.1. The van der Waals surface area contributed by atoms with Crippen LogP contribution >= 0.6 is 11.3 Å². The molecule has 0 radical (unpaired) electrons. The van der Waals surface area contributed by atoms with Crippen LogP contribution in [-0.2, 0) is 6.42 Å². The van der Waals surface area contributed by atoms with Gasteiger partial charge in [0.1, 0.15) is 5.69 Å². The van der Waals surface area contributed by atoms with E-state index < -0.39 is 0 Å². The first-order valence-electron chi connectivity index (χ1n) is 11.2. The first kappa shape index (κ1) is 20.9. The summed E-state index contributed by atoms with van der Waals surface area (Å²) in [6.45, 7) is 8.72. The van der Waals surface area contributed by atoms with Crippen LogP contribution in [-0.4, -0.2) is 40.2 Å². The fourth-order valence-electron chi connectivity index (χ4n) is 4.46. The molecular weight excluding hydrogens is 414 g/mol. The maximum atomic E-state index is 4.62. The number of aryl methyl sites for hydroxylation is 1. The highest BCUT2D eigenvalue weighted by Crippen LogP contribution is 2.29. The number of anilines is 1. The molecular formula is C26H29N5S. The number of piperidine rings is 1. The number of benzene rings is 2. The fraction of sp³-hybridized carbons (Fsp3) is 0.308. The Bertz CT molecular complexity index is 1230. The van der Waals surface area contributed by atoms with Gasteiger partial charge in [-0.1, -0.05) is 24.8 Å². The number of hydrogen-bond donors (Lipinski definition) is 2. The van der Waals surface area contributed by atoms with Crippen LogP contribution in [0.15, 0.2) is 54.4 Å². The standard InChI is InChI=1S/C26H29N5S/c1-17(27-22-7-4-19(5-8-22)14-20-10-12-31(3)13-11-20)26-23-15-21(6-9-24(23)29-30-26)25-16-32-18(2)28-25/h4-9,15-16,20,27H,1,10-14H2,2-3H3,(H,29,30). The molecule has 0 aliphatic carbocycles. The Hall–Kier alpha value is -2.96. The highest BCUT2D eigenvalue weighted by atomic mass is 32.1. The molecule has 0 bridgehead atoms. The largest absolute Gasteiger partial charge is 0.354 e. The summed E-state index contributed by atoms with van der Waals surface area (Å²) < 4.78 is 0. The van der Waals surface area contributed by atoms with E-state index in [1.807, 2.05) is 6.92 Å². The summed E-state index contributed by atoms with van der Waals surface area (Å²) in [5, 5.41) is 15.3. The zero-order chi connectivity index (χ0) is 22.1. The molecule has 0 saturated carbocycles. The molecule has 4 aromatic rings. The molecule has 1 fully saturated rings. The maximum absolute atomic E-state index is 4.62. The lowest BCUT2D eigenvalue weighted by atomic mass is 9.90. The monoisotopic (exact) mass is 443 g/mol. The van der Waals surface area contributed by atoms with Crippen LogP contribution in [0.1, 0.15) is 29.1 Å². The summed E-state index contributed by atoms with van der Waals surface area (Å²) in [4.78, 5) is 7.04. The van der Waals surface area contributed by atoms with Crippen molar-refractivity contribution in [2.24, 2.45) is 5.92 Å². The number of nitrogens with one attached hydrogen (secondary N) is 2. The predicted molar refractivity (Wildman–Crippen MR) is 135 cm³/mol. The van der Waals surface area contributed by atoms with E-state index in [9.17, 15) is 0 Å². The molecule has 1 saturated heterocycles. The van der Waals surface area contributed by atoms with E-state index in [2.05, 4.69) is 86.9 Å². The Morgan fingerprint density at radius 3 is 2.69 bits per heavy atom. The van der Waals surface area contributed by atoms with Crippen molar-refractivity contribution < 1.29 is 0 Å². The number of thiazole rings is 1. The topological polar surface area (TPSA) is 56.8 Å². The Morgan fingerprint density at radius 2 is 1.97 bits per heavy atom. The van der Waals surface area contributed by atoms with Gasteiger partial charge in [0.2, 0.25) is 0 Å². The fourth-order valence-corrected chi connectivity index (χ4v) is 5.08. The van der Waals surface area contributed by atoms with Crippen molar-refractivity contribution in [1.29, 1.82) is 0 Å². The van der Waals surface area contributed by atoms with Crippen LogP contribution < -0.4 is 5.32 Å². The Labute approximate surface area is 193 Å². The zero-order valence-electron chi connectivity index (χ0n) is 18.7. The van der Waals surface area contributed by atoms with Crippen LogP contribution in [0.5, 0.6) is 0 Å². The summed E-state index contributed by atoms with van der Waals surface area (Å²) >= 11 is 1.66. The molecule has 0 amide bonds. The van der Waals surface area contributed by atoms with Crippen molar-refractivity contribution in [1.82, 2.24) is 20.1 Å². The van der Waals surface area contributed by atoms with Gasteiger partial charge in [-0.3, -0.25) is 5.10 Å². The normalized spacial score (nSPS) is 15.3. The number of aromatic amines is 1. The first-order chi connectivity index (χ1) is 15.5. The van der Waals surface area contributed by atoms with Crippen LogP contribution in [0.2, 0.25) is 0 Å². The van der Waals surface area contributed by atoms with Gasteiger partial charge in [-0.05, 0) is 82.1 Å². The van der Waals surface area contributed by atoms with Crippen molar-refractivity contribution in [3.63, 3.8) is 0 Å². The lowest BCUT2D eigenvalue weighted by Crippen LogP contribution is -2.30. The molecule has 5 rings (SSSR count). The molecule has 6 heteroatoms. The molecule has 2 aromatic carbocycles. The van der Waals surface area contributed by atoms with Gasteiger partial charge in [0.15, 0.2) is 0 Å². The van der Waals surface area contributed by atoms with Crippen molar-refractivity contribution in [2.75, 3.05) is 25.5 Å². The highest BCUT2D eigenvalue weighted by molar-refractivity contribution is 7.09. The number of aromatic nitrogens is 3. The van der Waals surface area contributed by atoms with Crippen LogP contribution in [0.4, 0.5) is 5.69 Å².